The van der Waals surface area contributed by atoms with Crippen molar-refractivity contribution in [1.29, 1.82) is 0 Å². The van der Waals surface area contributed by atoms with E-state index in [1.54, 1.807) is 7.11 Å². The zero-order valence-electron chi connectivity index (χ0n) is 12.2. The molecule has 3 nitrogen and oxygen atoms in total. The lowest BCUT2D eigenvalue weighted by molar-refractivity contribution is 0.0687. The van der Waals surface area contributed by atoms with Gasteiger partial charge >= 0.3 is 0 Å². The average Bonchev–Trinajstić information content (AvgIpc) is 2.31. The van der Waals surface area contributed by atoms with E-state index in [1.165, 1.54) is 24.3 Å². The van der Waals surface area contributed by atoms with Crippen LogP contribution in [0, 0.1) is 5.41 Å². The van der Waals surface area contributed by atoms with E-state index < -0.39 is 0 Å². The Morgan fingerprint density at radius 1 is 1.22 bits per heavy atom. The summed E-state index contributed by atoms with van der Waals surface area (Å²) in [6, 6.07) is 0.702. The molecule has 0 bridgehead atoms. The van der Waals surface area contributed by atoms with Crippen LogP contribution in [0.1, 0.15) is 33.1 Å². The lowest BCUT2D eigenvalue weighted by Gasteiger charge is -2.35. The monoisotopic (exact) mass is 275 g/mol. The van der Waals surface area contributed by atoms with Crippen LogP contribution in [0.2, 0.25) is 0 Å². The minimum atomic E-state index is 0.504. The van der Waals surface area contributed by atoms with E-state index >= 15 is 0 Å². The zero-order chi connectivity index (χ0) is 13.3. The van der Waals surface area contributed by atoms with Crippen LogP contribution < -0.4 is 5.32 Å². The van der Waals surface area contributed by atoms with Gasteiger partial charge in [0.2, 0.25) is 0 Å². The topological polar surface area (TPSA) is 30.5 Å². The largest absolute Gasteiger partial charge is 0.382 e. The summed E-state index contributed by atoms with van der Waals surface area (Å²) in [6.07, 6.45) is 3.65. The lowest BCUT2D eigenvalue weighted by atomic mass is 9.88. The SMILES string of the molecule is COCCOCCCCNC1CSCC(C)(C)C1. The van der Waals surface area contributed by atoms with Crippen molar-refractivity contribution < 1.29 is 9.47 Å². The Balaban J connectivity index is 1.91. The normalized spacial score (nSPS) is 23.2. The first-order chi connectivity index (χ1) is 8.64. The number of nitrogens with one attached hydrogen (secondary N) is 1. The molecule has 0 radical (unpaired) electrons. The second-order valence-electron chi connectivity index (χ2n) is 5.85. The van der Waals surface area contributed by atoms with Crippen LogP contribution in [0.4, 0.5) is 0 Å². The fraction of sp³-hybridized carbons (Fsp3) is 1.00. The summed E-state index contributed by atoms with van der Waals surface area (Å²) in [7, 11) is 1.71. The van der Waals surface area contributed by atoms with Gasteiger partial charge in [0.05, 0.1) is 13.2 Å². The number of thioether (sulfide) groups is 1. The summed E-state index contributed by atoms with van der Waals surface area (Å²) in [5, 5.41) is 3.68. The number of methoxy groups -OCH3 is 1. The lowest BCUT2D eigenvalue weighted by Crippen LogP contribution is -2.40. The van der Waals surface area contributed by atoms with Crippen molar-refractivity contribution in [2.24, 2.45) is 5.41 Å². The van der Waals surface area contributed by atoms with Crippen molar-refractivity contribution in [1.82, 2.24) is 5.32 Å². The molecule has 1 saturated heterocycles. The van der Waals surface area contributed by atoms with Crippen molar-refractivity contribution in [3.05, 3.63) is 0 Å². The smallest absolute Gasteiger partial charge is 0.0700 e. The predicted octanol–water partition coefficient (Wildman–Crippen LogP) is 2.55. The van der Waals surface area contributed by atoms with E-state index in [0.717, 1.165) is 26.2 Å². The standard InChI is InChI=1S/C14H29NO2S/c1-14(2)10-13(11-18-12-14)15-6-4-5-7-17-9-8-16-3/h13,15H,4-12H2,1-3H3. The van der Waals surface area contributed by atoms with Crippen molar-refractivity contribution in [3.8, 4) is 0 Å². The van der Waals surface area contributed by atoms with E-state index in [0.29, 0.717) is 18.1 Å². The highest BCUT2D eigenvalue weighted by Gasteiger charge is 2.27. The van der Waals surface area contributed by atoms with Crippen LogP contribution in [0.3, 0.4) is 0 Å². The van der Waals surface area contributed by atoms with Crippen LogP contribution in [-0.4, -0.2) is 51.0 Å². The molecule has 18 heavy (non-hydrogen) atoms. The zero-order valence-corrected chi connectivity index (χ0v) is 13.0. The quantitative estimate of drug-likeness (QED) is 0.655. The summed E-state index contributed by atoms with van der Waals surface area (Å²) in [5.41, 5.74) is 0.504. The summed E-state index contributed by atoms with van der Waals surface area (Å²) in [6.45, 7) is 8.14. The second kappa shape index (κ2) is 9.18. The van der Waals surface area contributed by atoms with E-state index in [2.05, 4.69) is 30.9 Å². The molecular formula is C14H29NO2S. The Hall–Kier alpha value is 0.230. The Bertz CT molecular complexity index is 212. The van der Waals surface area contributed by atoms with E-state index in [9.17, 15) is 0 Å². The van der Waals surface area contributed by atoms with Gasteiger partial charge < -0.3 is 14.8 Å². The number of hydrogen-bond acceptors (Lipinski definition) is 4. The highest BCUT2D eigenvalue weighted by Crippen LogP contribution is 2.33. The van der Waals surface area contributed by atoms with E-state index in [1.807, 2.05) is 0 Å². The van der Waals surface area contributed by atoms with Crippen molar-refractivity contribution in [2.75, 3.05) is 45.0 Å². The highest BCUT2D eigenvalue weighted by atomic mass is 32.2. The van der Waals surface area contributed by atoms with Gasteiger partial charge in [-0.2, -0.15) is 11.8 Å². The van der Waals surface area contributed by atoms with Crippen LogP contribution >= 0.6 is 11.8 Å². The Labute approximate surface area is 116 Å². The van der Waals surface area contributed by atoms with Gasteiger partial charge in [-0.1, -0.05) is 13.8 Å². The third kappa shape index (κ3) is 7.62. The van der Waals surface area contributed by atoms with Crippen LogP contribution in [0.25, 0.3) is 0 Å². The molecule has 1 N–H and O–H groups in total. The number of hydrogen-bond donors (Lipinski definition) is 1. The molecule has 1 fully saturated rings. The molecule has 0 aromatic carbocycles. The predicted molar refractivity (Wildman–Crippen MR) is 79.4 cm³/mol. The summed E-state index contributed by atoms with van der Waals surface area (Å²) >= 11 is 2.09. The first-order valence-corrected chi connectivity index (χ1v) is 8.17. The molecule has 1 unspecified atom stereocenters. The van der Waals surface area contributed by atoms with Gasteiger partial charge in [-0.25, -0.2) is 0 Å². The molecule has 0 amide bonds. The first-order valence-electron chi connectivity index (χ1n) is 7.02. The number of rotatable bonds is 9. The maximum atomic E-state index is 5.44. The van der Waals surface area contributed by atoms with Crippen LogP contribution in [-0.2, 0) is 9.47 Å². The van der Waals surface area contributed by atoms with E-state index in [4.69, 9.17) is 9.47 Å². The van der Waals surface area contributed by atoms with Gasteiger partial charge in [0.15, 0.2) is 0 Å². The molecule has 0 saturated carbocycles. The van der Waals surface area contributed by atoms with Crippen molar-refractivity contribution >= 4 is 11.8 Å². The van der Waals surface area contributed by atoms with Gasteiger partial charge in [0.25, 0.3) is 0 Å². The molecule has 0 aliphatic carbocycles. The Morgan fingerprint density at radius 2 is 2.06 bits per heavy atom. The Morgan fingerprint density at radius 3 is 2.78 bits per heavy atom. The van der Waals surface area contributed by atoms with Gasteiger partial charge in [-0.3, -0.25) is 0 Å². The fourth-order valence-corrected chi connectivity index (χ4v) is 3.58. The molecule has 108 valence electrons. The van der Waals surface area contributed by atoms with Gasteiger partial charge in [0.1, 0.15) is 0 Å². The van der Waals surface area contributed by atoms with Gasteiger partial charge in [-0.05, 0) is 37.0 Å². The number of ether oxygens (including phenoxy) is 2. The van der Waals surface area contributed by atoms with Gasteiger partial charge in [-0.15, -0.1) is 0 Å². The summed E-state index contributed by atoms with van der Waals surface area (Å²) < 4.78 is 10.4. The molecular weight excluding hydrogens is 246 g/mol. The Kier molecular flexibility index (Phi) is 8.31. The van der Waals surface area contributed by atoms with Crippen LogP contribution in [0.5, 0.6) is 0 Å². The maximum Gasteiger partial charge on any atom is 0.0700 e. The van der Waals surface area contributed by atoms with Crippen molar-refractivity contribution in [3.63, 3.8) is 0 Å². The van der Waals surface area contributed by atoms with E-state index in [-0.39, 0.29) is 0 Å². The van der Waals surface area contributed by atoms with Crippen molar-refractivity contribution in [2.45, 2.75) is 39.2 Å². The maximum absolute atomic E-state index is 5.44. The molecule has 0 aromatic rings. The number of unbranched alkanes of at least 4 members (excludes halogenated alkanes) is 1. The highest BCUT2D eigenvalue weighted by molar-refractivity contribution is 7.99. The molecule has 0 aromatic heterocycles. The molecule has 4 heteroatoms. The minimum absolute atomic E-state index is 0.504. The average molecular weight is 275 g/mol. The van der Waals surface area contributed by atoms with Crippen LogP contribution in [0.15, 0.2) is 0 Å². The third-order valence-corrected chi connectivity index (χ3v) is 4.81. The molecule has 1 aliphatic rings. The summed E-state index contributed by atoms with van der Waals surface area (Å²) in [4.78, 5) is 0. The minimum Gasteiger partial charge on any atom is -0.382 e. The first kappa shape index (κ1) is 16.3. The third-order valence-electron chi connectivity index (χ3n) is 3.19. The molecule has 1 rings (SSSR count). The molecule has 1 atom stereocenters. The molecule has 1 heterocycles. The fourth-order valence-electron chi connectivity index (χ4n) is 2.27. The van der Waals surface area contributed by atoms with Gasteiger partial charge in [0, 0.05) is 25.5 Å². The molecule has 0 spiro atoms. The summed E-state index contributed by atoms with van der Waals surface area (Å²) in [5.74, 6) is 2.58. The second-order valence-corrected chi connectivity index (χ2v) is 6.88. The molecule has 1 aliphatic heterocycles.